The van der Waals surface area contributed by atoms with Gasteiger partial charge in [0.25, 0.3) is 5.91 Å². The van der Waals surface area contributed by atoms with Crippen LogP contribution in [0.5, 0.6) is 0 Å². The molecule has 4 heteroatoms. The van der Waals surface area contributed by atoms with Crippen LogP contribution >= 0.6 is 11.8 Å². The van der Waals surface area contributed by atoms with Gasteiger partial charge in [0.15, 0.2) is 0 Å². The Labute approximate surface area is 101 Å². The van der Waals surface area contributed by atoms with Crippen LogP contribution in [0.2, 0.25) is 0 Å². The van der Waals surface area contributed by atoms with Gasteiger partial charge in [-0.15, -0.1) is 11.8 Å². The van der Waals surface area contributed by atoms with Gasteiger partial charge < -0.3 is 11.1 Å². The summed E-state index contributed by atoms with van der Waals surface area (Å²) in [5, 5.41) is 2.81. The number of amides is 1. The van der Waals surface area contributed by atoms with Gasteiger partial charge in [-0.1, -0.05) is 6.92 Å². The van der Waals surface area contributed by atoms with Gasteiger partial charge in [0.05, 0.1) is 5.56 Å². The molecule has 1 aromatic carbocycles. The first-order chi connectivity index (χ1) is 7.69. The van der Waals surface area contributed by atoms with Gasteiger partial charge in [-0.05, 0) is 37.3 Å². The molecule has 0 saturated carbocycles. The molecule has 1 aromatic rings. The predicted octanol–water partition coefficient (Wildman–Crippen LogP) is 2.52. The fraction of sp³-hybridized carbons (Fsp3) is 0.417. The van der Waals surface area contributed by atoms with Crippen molar-refractivity contribution in [3.63, 3.8) is 0 Å². The van der Waals surface area contributed by atoms with E-state index in [1.54, 1.807) is 23.9 Å². The number of benzene rings is 1. The molecule has 3 N–H and O–H groups in total. The summed E-state index contributed by atoms with van der Waals surface area (Å²) < 4.78 is 0. The molecule has 0 fully saturated rings. The fourth-order valence-electron chi connectivity index (χ4n) is 1.31. The lowest BCUT2D eigenvalue weighted by atomic mass is 10.2. The topological polar surface area (TPSA) is 55.1 Å². The van der Waals surface area contributed by atoms with Crippen molar-refractivity contribution >= 4 is 23.4 Å². The summed E-state index contributed by atoms with van der Waals surface area (Å²) in [6.45, 7) is 4.67. The molecule has 0 radical (unpaired) electrons. The number of hydrogen-bond donors (Lipinski definition) is 2. The fourth-order valence-corrected chi connectivity index (χ4v) is 2.27. The van der Waals surface area contributed by atoms with Gasteiger partial charge in [-0.3, -0.25) is 4.79 Å². The maximum absolute atomic E-state index is 11.8. The van der Waals surface area contributed by atoms with Crippen LogP contribution in [0.3, 0.4) is 0 Å². The molecule has 0 saturated heterocycles. The standard InChI is InChI=1S/C12H18N2OS/c1-3-7-16-11-8-9(13)5-6-10(11)12(15)14-4-2/h5-6,8H,3-4,7,13H2,1-2H3,(H,14,15). The summed E-state index contributed by atoms with van der Waals surface area (Å²) in [6, 6.07) is 5.42. The highest BCUT2D eigenvalue weighted by atomic mass is 32.2. The zero-order valence-corrected chi connectivity index (χ0v) is 10.6. The third kappa shape index (κ3) is 3.45. The van der Waals surface area contributed by atoms with Crippen LogP contribution in [-0.4, -0.2) is 18.2 Å². The number of carbonyl (C=O) groups excluding carboxylic acids is 1. The van der Waals surface area contributed by atoms with Crippen molar-refractivity contribution < 1.29 is 4.79 Å². The third-order valence-corrected chi connectivity index (χ3v) is 3.31. The monoisotopic (exact) mass is 238 g/mol. The summed E-state index contributed by atoms with van der Waals surface area (Å²) >= 11 is 1.67. The average molecular weight is 238 g/mol. The molecule has 0 atom stereocenters. The molecule has 0 aliphatic rings. The van der Waals surface area contributed by atoms with Gasteiger partial charge in [0.2, 0.25) is 0 Å². The zero-order valence-electron chi connectivity index (χ0n) is 9.75. The van der Waals surface area contributed by atoms with Gasteiger partial charge in [-0.25, -0.2) is 0 Å². The van der Waals surface area contributed by atoms with E-state index >= 15 is 0 Å². The second-order valence-corrected chi connectivity index (χ2v) is 4.60. The predicted molar refractivity (Wildman–Crippen MR) is 69.9 cm³/mol. The van der Waals surface area contributed by atoms with E-state index < -0.39 is 0 Å². The number of nitrogen functional groups attached to an aromatic ring is 1. The first-order valence-corrected chi connectivity index (χ1v) is 6.48. The van der Waals surface area contributed by atoms with Crippen molar-refractivity contribution in [2.45, 2.75) is 25.2 Å². The van der Waals surface area contributed by atoms with Gasteiger partial charge >= 0.3 is 0 Å². The Kier molecular flexibility index (Phi) is 5.19. The minimum absolute atomic E-state index is 0.0268. The third-order valence-electron chi connectivity index (χ3n) is 2.05. The highest BCUT2D eigenvalue weighted by molar-refractivity contribution is 7.99. The smallest absolute Gasteiger partial charge is 0.252 e. The lowest BCUT2D eigenvalue weighted by molar-refractivity contribution is 0.0953. The largest absolute Gasteiger partial charge is 0.399 e. The second-order valence-electron chi connectivity index (χ2n) is 3.46. The van der Waals surface area contributed by atoms with Crippen molar-refractivity contribution in [2.75, 3.05) is 18.0 Å². The molecule has 88 valence electrons. The van der Waals surface area contributed by atoms with Gasteiger partial charge in [-0.2, -0.15) is 0 Å². The molecule has 0 heterocycles. The Morgan fingerprint density at radius 3 is 2.81 bits per heavy atom. The van der Waals surface area contributed by atoms with Crippen LogP contribution in [0.25, 0.3) is 0 Å². The lowest BCUT2D eigenvalue weighted by Gasteiger charge is -2.09. The van der Waals surface area contributed by atoms with E-state index in [0.29, 0.717) is 12.2 Å². The van der Waals surface area contributed by atoms with Crippen LogP contribution in [0.15, 0.2) is 23.1 Å². The number of hydrogen-bond acceptors (Lipinski definition) is 3. The molecule has 0 unspecified atom stereocenters. The van der Waals surface area contributed by atoms with Gasteiger partial charge in [0, 0.05) is 17.1 Å². The molecule has 0 aliphatic heterocycles. The first kappa shape index (κ1) is 12.9. The van der Waals surface area contributed by atoms with Crippen LogP contribution in [-0.2, 0) is 0 Å². The van der Waals surface area contributed by atoms with Crippen LogP contribution in [0, 0.1) is 0 Å². The minimum atomic E-state index is -0.0268. The number of thioether (sulfide) groups is 1. The molecule has 0 aromatic heterocycles. The van der Waals surface area contributed by atoms with Crippen molar-refractivity contribution in [3.8, 4) is 0 Å². The van der Waals surface area contributed by atoms with Crippen LogP contribution in [0.4, 0.5) is 5.69 Å². The Morgan fingerprint density at radius 1 is 1.44 bits per heavy atom. The molecular formula is C12H18N2OS. The summed E-state index contributed by atoms with van der Waals surface area (Å²) in [6.07, 6.45) is 1.08. The van der Waals surface area contributed by atoms with E-state index in [2.05, 4.69) is 12.2 Å². The quantitative estimate of drug-likeness (QED) is 0.612. The number of anilines is 1. The number of nitrogens with one attached hydrogen (secondary N) is 1. The van der Waals surface area contributed by atoms with Crippen LogP contribution < -0.4 is 11.1 Å². The molecule has 0 bridgehead atoms. The molecular weight excluding hydrogens is 220 g/mol. The molecule has 0 spiro atoms. The highest BCUT2D eigenvalue weighted by Crippen LogP contribution is 2.25. The minimum Gasteiger partial charge on any atom is -0.399 e. The number of carbonyl (C=O) groups is 1. The van der Waals surface area contributed by atoms with Crippen molar-refractivity contribution in [1.29, 1.82) is 0 Å². The van der Waals surface area contributed by atoms with E-state index in [0.717, 1.165) is 22.6 Å². The molecule has 1 amide bonds. The number of rotatable bonds is 5. The van der Waals surface area contributed by atoms with Crippen molar-refractivity contribution in [2.24, 2.45) is 0 Å². The van der Waals surface area contributed by atoms with Gasteiger partial charge in [0.1, 0.15) is 0 Å². The lowest BCUT2D eigenvalue weighted by Crippen LogP contribution is -2.23. The summed E-state index contributed by atoms with van der Waals surface area (Å²) in [4.78, 5) is 12.7. The van der Waals surface area contributed by atoms with E-state index in [9.17, 15) is 4.79 Å². The van der Waals surface area contributed by atoms with Crippen molar-refractivity contribution in [1.82, 2.24) is 5.32 Å². The average Bonchev–Trinajstić information content (AvgIpc) is 2.26. The number of nitrogens with two attached hydrogens (primary N) is 1. The first-order valence-electron chi connectivity index (χ1n) is 5.49. The Bertz CT molecular complexity index is 366. The maximum Gasteiger partial charge on any atom is 0.252 e. The summed E-state index contributed by atoms with van der Waals surface area (Å²) in [5.74, 6) is 0.969. The van der Waals surface area contributed by atoms with E-state index in [4.69, 9.17) is 5.73 Å². The molecule has 16 heavy (non-hydrogen) atoms. The Morgan fingerprint density at radius 2 is 2.19 bits per heavy atom. The van der Waals surface area contributed by atoms with E-state index in [1.807, 2.05) is 13.0 Å². The van der Waals surface area contributed by atoms with Crippen molar-refractivity contribution in [3.05, 3.63) is 23.8 Å². The SMILES string of the molecule is CCCSc1cc(N)ccc1C(=O)NCC. The summed E-state index contributed by atoms with van der Waals surface area (Å²) in [5.41, 5.74) is 7.15. The van der Waals surface area contributed by atoms with Crippen LogP contribution in [0.1, 0.15) is 30.6 Å². The highest BCUT2D eigenvalue weighted by Gasteiger charge is 2.10. The second kappa shape index (κ2) is 6.43. The van der Waals surface area contributed by atoms with E-state index in [-0.39, 0.29) is 5.91 Å². The molecule has 0 aliphatic carbocycles. The molecule has 1 rings (SSSR count). The van der Waals surface area contributed by atoms with E-state index in [1.165, 1.54) is 0 Å². The molecule has 3 nitrogen and oxygen atoms in total. The zero-order chi connectivity index (χ0) is 12.0. The maximum atomic E-state index is 11.8. The Hall–Kier alpha value is -1.16. The summed E-state index contributed by atoms with van der Waals surface area (Å²) in [7, 11) is 0. The Balaban J connectivity index is 2.92. The normalized spacial score (nSPS) is 10.1.